The van der Waals surface area contributed by atoms with Gasteiger partial charge in [-0.15, -0.1) is 0 Å². The molecule has 0 fully saturated rings. The Morgan fingerprint density at radius 2 is 2.12 bits per heavy atom. The highest BCUT2D eigenvalue weighted by molar-refractivity contribution is 5.79. The van der Waals surface area contributed by atoms with Gasteiger partial charge in [0.05, 0.1) is 0 Å². The highest BCUT2D eigenvalue weighted by Gasteiger charge is 2.10. The molecule has 86 valence electrons. The van der Waals surface area contributed by atoms with Crippen molar-refractivity contribution in [1.82, 2.24) is 10.6 Å². The summed E-state index contributed by atoms with van der Waals surface area (Å²) in [6.07, 6.45) is 3.80. The first-order valence-corrected chi connectivity index (χ1v) is 5.82. The molecule has 0 heterocycles. The molecule has 2 N–H and O–H groups in total. The van der Waals surface area contributed by atoms with Crippen LogP contribution in [-0.2, 0) is 19.4 Å². The molecule has 0 unspecified atom stereocenters. The lowest BCUT2D eigenvalue weighted by Gasteiger charge is -2.09. The average Bonchev–Trinajstić information content (AvgIpc) is 2.77. The molecule has 16 heavy (non-hydrogen) atoms. The second-order valence-corrected chi connectivity index (χ2v) is 4.13. The summed E-state index contributed by atoms with van der Waals surface area (Å²) >= 11 is 0. The fraction of sp³-hybridized carbons (Fsp3) is 0.462. The van der Waals surface area contributed by atoms with E-state index in [0.29, 0.717) is 0 Å². The third kappa shape index (κ3) is 2.35. The molecule has 0 atom stereocenters. The number of hydrogen-bond acceptors (Lipinski definition) is 1. The van der Waals surface area contributed by atoms with Crippen LogP contribution in [0, 0.1) is 0 Å². The van der Waals surface area contributed by atoms with Crippen molar-refractivity contribution in [1.29, 1.82) is 0 Å². The first kappa shape index (κ1) is 11.0. The van der Waals surface area contributed by atoms with Crippen molar-refractivity contribution in [2.45, 2.75) is 25.8 Å². The minimum Gasteiger partial charge on any atom is -0.359 e. The van der Waals surface area contributed by atoms with Crippen molar-refractivity contribution in [2.75, 3.05) is 14.1 Å². The maximum absolute atomic E-state index is 4.09. The summed E-state index contributed by atoms with van der Waals surface area (Å²) in [5, 5.41) is 6.28. The highest BCUT2D eigenvalue weighted by atomic mass is 15.1. The molecule has 1 aromatic carbocycles. The highest BCUT2D eigenvalue weighted by Crippen LogP contribution is 2.22. The Hall–Kier alpha value is -1.51. The first-order chi connectivity index (χ1) is 7.83. The second-order valence-electron chi connectivity index (χ2n) is 4.13. The van der Waals surface area contributed by atoms with Crippen molar-refractivity contribution >= 4 is 5.96 Å². The van der Waals surface area contributed by atoms with Crippen LogP contribution in [-0.4, -0.2) is 20.1 Å². The van der Waals surface area contributed by atoms with Gasteiger partial charge in [0.15, 0.2) is 5.96 Å². The van der Waals surface area contributed by atoms with E-state index in [1.807, 2.05) is 7.05 Å². The Labute approximate surface area is 97.0 Å². The molecule has 0 bridgehead atoms. The molecule has 0 spiro atoms. The molecule has 0 saturated heterocycles. The zero-order valence-corrected chi connectivity index (χ0v) is 10.0. The van der Waals surface area contributed by atoms with Gasteiger partial charge in [0.2, 0.25) is 0 Å². The molecular formula is C13H19N3. The molecule has 1 aromatic rings. The van der Waals surface area contributed by atoms with Crippen LogP contribution < -0.4 is 10.6 Å². The third-order valence-electron chi connectivity index (χ3n) is 3.08. The molecule has 3 nitrogen and oxygen atoms in total. The molecule has 0 aromatic heterocycles. The van der Waals surface area contributed by atoms with Crippen LogP contribution >= 0.6 is 0 Å². The van der Waals surface area contributed by atoms with Crippen LogP contribution in [0.5, 0.6) is 0 Å². The molecule has 3 heteroatoms. The zero-order valence-electron chi connectivity index (χ0n) is 10.0. The van der Waals surface area contributed by atoms with Crippen LogP contribution in [0.25, 0.3) is 0 Å². The van der Waals surface area contributed by atoms with Gasteiger partial charge in [-0.1, -0.05) is 18.2 Å². The monoisotopic (exact) mass is 217 g/mol. The van der Waals surface area contributed by atoms with E-state index in [9.17, 15) is 0 Å². The molecule has 1 aliphatic carbocycles. The van der Waals surface area contributed by atoms with E-state index >= 15 is 0 Å². The number of nitrogens with one attached hydrogen (secondary N) is 2. The van der Waals surface area contributed by atoms with Gasteiger partial charge in [-0.05, 0) is 36.0 Å². The van der Waals surface area contributed by atoms with E-state index in [4.69, 9.17) is 0 Å². The largest absolute Gasteiger partial charge is 0.359 e. The zero-order chi connectivity index (χ0) is 11.4. The fourth-order valence-corrected chi connectivity index (χ4v) is 2.20. The van der Waals surface area contributed by atoms with E-state index in [0.717, 1.165) is 12.5 Å². The summed E-state index contributed by atoms with van der Waals surface area (Å²) < 4.78 is 0. The molecule has 0 aliphatic heterocycles. The molecule has 1 aliphatic rings. The quantitative estimate of drug-likeness (QED) is 0.581. The van der Waals surface area contributed by atoms with E-state index in [1.54, 1.807) is 7.05 Å². The standard InChI is InChI=1S/C13H19N3/c1-14-13(15-2)16-9-10-6-7-11-4-3-5-12(11)8-10/h6-8H,3-5,9H2,1-2H3,(H2,14,15,16). The lowest BCUT2D eigenvalue weighted by atomic mass is 10.1. The molecule has 2 rings (SSSR count). The van der Waals surface area contributed by atoms with Crippen molar-refractivity contribution in [3.63, 3.8) is 0 Å². The smallest absolute Gasteiger partial charge is 0.190 e. The van der Waals surface area contributed by atoms with Gasteiger partial charge in [-0.25, -0.2) is 0 Å². The summed E-state index contributed by atoms with van der Waals surface area (Å²) in [6.45, 7) is 0.834. The van der Waals surface area contributed by atoms with E-state index < -0.39 is 0 Å². The third-order valence-corrected chi connectivity index (χ3v) is 3.08. The lowest BCUT2D eigenvalue weighted by Crippen LogP contribution is -2.34. The number of fused-ring (bicyclic) bond motifs is 1. The number of hydrogen-bond donors (Lipinski definition) is 2. The maximum Gasteiger partial charge on any atom is 0.190 e. The number of nitrogens with zero attached hydrogens (tertiary/aromatic N) is 1. The van der Waals surface area contributed by atoms with Gasteiger partial charge in [-0.2, -0.15) is 0 Å². The normalized spacial score (nSPS) is 14.8. The van der Waals surface area contributed by atoms with Crippen LogP contribution in [0.1, 0.15) is 23.1 Å². The lowest BCUT2D eigenvalue weighted by molar-refractivity contribution is 0.863. The van der Waals surface area contributed by atoms with Crippen LogP contribution in [0.15, 0.2) is 23.2 Å². The summed E-state index contributed by atoms with van der Waals surface area (Å²) in [7, 11) is 3.65. The van der Waals surface area contributed by atoms with Crippen LogP contribution in [0.3, 0.4) is 0 Å². The van der Waals surface area contributed by atoms with Gasteiger partial charge in [0.25, 0.3) is 0 Å². The van der Waals surface area contributed by atoms with Gasteiger partial charge < -0.3 is 10.6 Å². The predicted molar refractivity (Wildman–Crippen MR) is 67.7 cm³/mol. The topological polar surface area (TPSA) is 36.4 Å². The van der Waals surface area contributed by atoms with E-state index in [-0.39, 0.29) is 0 Å². The Morgan fingerprint density at radius 1 is 1.31 bits per heavy atom. The van der Waals surface area contributed by atoms with Crippen LogP contribution in [0.2, 0.25) is 0 Å². The fourth-order valence-electron chi connectivity index (χ4n) is 2.20. The maximum atomic E-state index is 4.09. The Kier molecular flexibility index (Phi) is 3.44. The minimum absolute atomic E-state index is 0.834. The Balaban J connectivity index is 2.00. The molecule has 0 amide bonds. The summed E-state index contributed by atoms with van der Waals surface area (Å²) in [6, 6.07) is 6.79. The van der Waals surface area contributed by atoms with Gasteiger partial charge >= 0.3 is 0 Å². The average molecular weight is 217 g/mol. The molecule has 0 radical (unpaired) electrons. The van der Waals surface area contributed by atoms with Crippen LogP contribution in [0.4, 0.5) is 0 Å². The van der Waals surface area contributed by atoms with Gasteiger partial charge in [0.1, 0.15) is 0 Å². The number of aryl methyl sites for hydroxylation is 2. The summed E-state index contributed by atoms with van der Waals surface area (Å²) in [5.41, 5.74) is 4.39. The van der Waals surface area contributed by atoms with Crippen molar-refractivity contribution in [3.8, 4) is 0 Å². The van der Waals surface area contributed by atoms with Crippen molar-refractivity contribution < 1.29 is 0 Å². The number of guanidine groups is 1. The van der Waals surface area contributed by atoms with Gasteiger partial charge in [0, 0.05) is 20.6 Å². The van der Waals surface area contributed by atoms with Crippen molar-refractivity contribution in [3.05, 3.63) is 34.9 Å². The Bertz CT molecular complexity index is 396. The van der Waals surface area contributed by atoms with E-state index in [2.05, 4.69) is 33.8 Å². The second kappa shape index (κ2) is 5.01. The van der Waals surface area contributed by atoms with Crippen molar-refractivity contribution in [2.24, 2.45) is 4.99 Å². The first-order valence-electron chi connectivity index (χ1n) is 5.82. The molecule has 0 saturated carbocycles. The predicted octanol–water partition coefficient (Wildman–Crippen LogP) is 1.47. The van der Waals surface area contributed by atoms with Gasteiger partial charge in [-0.3, -0.25) is 4.99 Å². The Morgan fingerprint density at radius 3 is 2.88 bits per heavy atom. The number of rotatable bonds is 2. The molecular weight excluding hydrogens is 198 g/mol. The summed E-state index contributed by atoms with van der Waals surface area (Å²) in [4.78, 5) is 4.09. The number of aliphatic imine (C=N–C) groups is 1. The number of benzene rings is 1. The van der Waals surface area contributed by atoms with E-state index in [1.165, 1.54) is 36.0 Å². The minimum atomic E-state index is 0.834. The summed E-state index contributed by atoms with van der Waals surface area (Å²) in [5.74, 6) is 0.834. The SMILES string of the molecule is CN=C(NC)NCc1ccc2c(c1)CCC2.